The van der Waals surface area contributed by atoms with Crippen molar-refractivity contribution in [2.45, 2.75) is 57.8 Å². The van der Waals surface area contributed by atoms with Gasteiger partial charge in [-0.1, -0.05) is 26.2 Å². The van der Waals surface area contributed by atoms with Crippen LogP contribution < -0.4 is 5.73 Å². The van der Waals surface area contributed by atoms with Crippen molar-refractivity contribution >= 4 is 17.5 Å². The molecule has 1 heterocycles. The van der Waals surface area contributed by atoms with Crippen LogP contribution in [0.25, 0.3) is 0 Å². The highest BCUT2D eigenvalue weighted by Crippen LogP contribution is 2.38. The van der Waals surface area contributed by atoms with E-state index in [1.807, 2.05) is 0 Å². The van der Waals surface area contributed by atoms with Gasteiger partial charge in [-0.2, -0.15) is 4.37 Å². The first-order valence-corrected chi connectivity index (χ1v) is 7.16. The van der Waals surface area contributed by atoms with Crippen LogP contribution >= 0.6 is 11.5 Å². The highest BCUT2D eigenvalue weighted by Gasteiger charge is 2.24. The van der Waals surface area contributed by atoms with Gasteiger partial charge in [0.1, 0.15) is 5.01 Å². The SMILES string of the molecule is CCCCC1CCC(c2nc(N)ns2)CC1. The van der Waals surface area contributed by atoms with E-state index in [0.717, 1.165) is 10.9 Å². The van der Waals surface area contributed by atoms with Gasteiger partial charge in [-0.3, -0.25) is 0 Å². The van der Waals surface area contributed by atoms with E-state index >= 15 is 0 Å². The van der Waals surface area contributed by atoms with E-state index in [4.69, 9.17) is 5.73 Å². The number of hydrogen-bond acceptors (Lipinski definition) is 4. The van der Waals surface area contributed by atoms with E-state index in [-0.39, 0.29) is 0 Å². The first-order chi connectivity index (χ1) is 7.79. The van der Waals surface area contributed by atoms with Gasteiger partial charge in [0.15, 0.2) is 0 Å². The molecule has 2 N–H and O–H groups in total. The van der Waals surface area contributed by atoms with E-state index in [0.29, 0.717) is 11.9 Å². The fourth-order valence-electron chi connectivity index (χ4n) is 2.60. The highest BCUT2D eigenvalue weighted by molar-refractivity contribution is 7.05. The summed E-state index contributed by atoms with van der Waals surface area (Å²) in [4.78, 5) is 4.31. The topological polar surface area (TPSA) is 51.8 Å². The van der Waals surface area contributed by atoms with E-state index < -0.39 is 0 Å². The third-order valence-corrected chi connectivity index (χ3v) is 4.51. The van der Waals surface area contributed by atoms with Crippen LogP contribution in [0.4, 0.5) is 5.95 Å². The molecule has 0 unspecified atom stereocenters. The molecule has 0 aliphatic heterocycles. The van der Waals surface area contributed by atoms with Crippen molar-refractivity contribution in [2.75, 3.05) is 5.73 Å². The first kappa shape index (κ1) is 11.8. The van der Waals surface area contributed by atoms with Gasteiger partial charge in [0.2, 0.25) is 5.95 Å². The van der Waals surface area contributed by atoms with Crippen LogP contribution in [0, 0.1) is 5.92 Å². The van der Waals surface area contributed by atoms with Crippen LogP contribution in [-0.2, 0) is 0 Å². The molecule has 0 saturated heterocycles. The molecule has 0 radical (unpaired) electrons. The van der Waals surface area contributed by atoms with Gasteiger partial charge in [-0.15, -0.1) is 0 Å². The quantitative estimate of drug-likeness (QED) is 0.873. The zero-order chi connectivity index (χ0) is 11.4. The Kier molecular flexibility index (Phi) is 4.16. The van der Waals surface area contributed by atoms with E-state index in [2.05, 4.69) is 16.3 Å². The minimum absolute atomic E-state index is 0.452. The number of hydrogen-bond donors (Lipinski definition) is 1. The van der Waals surface area contributed by atoms with Crippen LogP contribution in [0.1, 0.15) is 62.8 Å². The zero-order valence-electron chi connectivity index (χ0n) is 9.98. The van der Waals surface area contributed by atoms with E-state index in [1.54, 1.807) is 0 Å². The van der Waals surface area contributed by atoms with Crippen LogP contribution in [0.5, 0.6) is 0 Å². The number of rotatable bonds is 4. The number of nitrogens with two attached hydrogens (primary N) is 1. The van der Waals surface area contributed by atoms with Gasteiger partial charge in [0.25, 0.3) is 0 Å². The molecular weight excluding hydrogens is 218 g/mol. The summed E-state index contributed by atoms with van der Waals surface area (Å²) in [6.45, 7) is 2.27. The van der Waals surface area contributed by atoms with Crippen molar-refractivity contribution in [3.05, 3.63) is 5.01 Å². The van der Waals surface area contributed by atoms with Gasteiger partial charge >= 0.3 is 0 Å². The van der Waals surface area contributed by atoms with Crippen molar-refractivity contribution in [2.24, 2.45) is 5.92 Å². The Labute approximate surface area is 102 Å². The number of anilines is 1. The van der Waals surface area contributed by atoms with Gasteiger partial charge in [-0.05, 0) is 43.1 Å². The van der Waals surface area contributed by atoms with Crippen molar-refractivity contribution in [3.8, 4) is 0 Å². The van der Waals surface area contributed by atoms with Gasteiger partial charge < -0.3 is 5.73 Å². The minimum atomic E-state index is 0.452. The molecule has 90 valence electrons. The lowest BCUT2D eigenvalue weighted by Gasteiger charge is -2.26. The second-order valence-corrected chi connectivity index (χ2v) is 5.63. The molecular formula is C12H21N3S. The smallest absolute Gasteiger partial charge is 0.232 e. The van der Waals surface area contributed by atoms with Crippen LogP contribution in [0.3, 0.4) is 0 Å². The minimum Gasteiger partial charge on any atom is -0.367 e. The van der Waals surface area contributed by atoms with Gasteiger partial charge in [0, 0.05) is 5.92 Å². The Morgan fingerprint density at radius 3 is 2.62 bits per heavy atom. The highest BCUT2D eigenvalue weighted by atomic mass is 32.1. The maximum atomic E-state index is 5.57. The van der Waals surface area contributed by atoms with E-state index in [9.17, 15) is 0 Å². The molecule has 16 heavy (non-hydrogen) atoms. The molecule has 1 aliphatic rings. The number of nitrogens with zero attached hydrogens (tertiary/aromatic N) is 2. The van der Waals surface area contributed by atoms with Crippen molar-refractivity contribution in [1.82, 2.24) is 9.36 Å². The monoisotopic (exact) mass is 239 g/mol. The van der Waals surface area contributed by atoms with Crippen LogP contribution in [0.15, 0.2) is 0 Å². The Bertz CT molecular complexity index is 316. The maximum absolute atomic E-state index is 5.57. The lowest BCUT2D eigenvalue weighted by atomic mass is 9.80. The molecule has 1 aromatic heterocycles. The standard InChI is InChI=1S/C12H21N3S/c1-2-3-4-9-5-7-10(8-6-9)11-14-12(13)15-16-11/h9-10H,2-8H2,1H3,(H2,13,15). The summed E-state index contributed by atoms with van der Waals surface area (Å²) < 4.78 is 4.07. The van der Waals surface area contributed by atoms with Crippen molar-refractivity contribution in [3.63, 3.8) is 0 Å². The zero-order valence-corrected chi connectivity index (χ0v) is 10.8. The average molecular weight is 239 g/mol. The first-order valence-electron chi connectivity index (χ1n) is 6.38. The molecule has 4 heteroatoms. The van der Waals surface area contributed by atoms with Crippen molar-refractivity contribution < 1.29 is 0 Å². The van der Waals surface area contributed by atoms with E-state index in [1.165, 1.54) is 56.5 Å². The Hall–Kier alpha value is -0.640. The number of aromatic nitrogens is 2. The predicted molar refractivity (Wildman–Crippen MR) is 68.5 cm³/mol. The van der Waals surface area contributed by atoms with Gasteiger partial charge in [0.05, 0.1) is 0 Å². The molecule has 1 aliphatic carbocycles. The molecule has 0 bridgehead atoms. The summed E-state index contributed by atoms with van der Waals surface area (Å²) in [5.74, 6) is 2.04. The number of unbranched alkanes of at least 4 members (excludes halogenated alkanes) is 1. The van der Waals surface area contributed by atoms with Crippen LogP contribution in [-0.4, -0.2) is 9.36 Å². The summed E-state index contributed by atoms with van der Waals surface area (Å²) in [7, 11) is 0. The molecule has 0 atom stereocenters. The fourth-order valence-corrected chi connectivity index (χ4v) is 3.35. The molecule has 1 saturated carbocycles. The fraction of sp³-hybridized carbons (Fsp3) is 0.833. The largest absolute Gasteiger partial charge is 0.367 e. The second kappa shape index (κ2) is 5.62. The third-order valence-electron chi connectivity index (χ3n) is 3.62. The normalized spacial score (nSPS) is 25.8. The molecule has 3 nitrogen and oxygen atoms in total. The summed E-state index contributed by atoms with van der Waals surface area (Å²) >= 11 is 1.49. The number of nitrogen functional groups attached to an aromatic ring is 1. The Morgan fingerprint density at radius 2 is 2.06 bits per heavy atom. The maximum Gasteiger partial charge on any atom is 0.232 e. The lowest BCUT2D eigenvalue weighted by Crippen LogP contribution is -2.13. The average Bonchev–Trinajstić information content (AvgIpc) is 2.74. The Morgan fingerprint density at radius 1 is 1.31 bits per heavy atom. The predicted octanol–water partition coefficient (Wildman–Crippen LogP) is 3.58. The second-order valence-electron chi connectivity index (χ2n) is 4.85. The molecule has 1 fully saturated rings. The summed E-state index contributed by atoms with van der Waals surface area (Å²) in [5, 5.41) is 1.16. The summed E-state index contributed by atoms with van der Waals surface area (Å²) in [5.41, 5.74) is 5.57. The molecule has 0 amide bonds. The lowest BCUT2D eigenvalue weighted by molar-refractivity contribution is 0.304. The Balaban J connectivity index is 1.81. The summed E-state index contributed by atoms with van der Waals surface area (Å²) in [6.07, 6.45) is 9.43. The van der Waals surface area contributed by atoms with Crippen molar-refractivity contribution in [1.29, 1.82) is 0 Å². The summed E-state index contributed by atoms with van der Waals surface area (Å²) in [6, 6.07) is 0. The molecule has 0 spiro atoms. The third kappa shape index (κ3) is 2.94. The molecule has 2 rings (SSSR count). The van der Waals surface area contributed by atoms with Crippen LogP contribution in [0.2, 0.25) is 0 Å². The molecule has 0 aromatic carbocycles. The molecule has 1 aromatic rings. The van der Waals surface area contributed by atoms with Gasteiger partial charge in [-0.25, -0.2) is 4.98 Å².